The SMILES string of the molecule is CC/C=C\C/C=C\C/C=C\C/C=C\C/C=C\C/C=C\CCCCCCCCCCCCCCCCCCCCC(=O)NC(COC1OC(CO)C(OC2OC(CO)C(OC3OC(CO)C(O)C(O)C3O)C(O)C2O)C(O)C1O)C(O)/C=C/CCCCCCCCCCCCCCCCCCCCCCCCC. The van der Waals surface area contributed by atoms with Gasteiger partial charge in [-0.2, -0.15) is 0 Å². The molecule has 0 aliphatic carbocycles. The summed E-state index contributed by atoms with van der Waals surface area (Å²) >= 11 is 0. The second-order valence-electron chi connectivity index (χ2n) is 30.6. The molecule has 622 valence electrons. The normalized spacial score (nSPS) is 25.9. The first-order valence-electron chi connectivity index (χ1n) is 43.3. The summed E-state index contributed by atoms with van der Waals surface area (Å²) < 4.78 is 34.5. The number of hydrogen-bond donors (Lipinski definition) is 12. The zero-order valence-electron chi connectivity index (χ0n) is 66.9. The van der Waals surface area contributed by atoms with Crippen LogP contribution in [0.4, 0.5) is 0 Å². The first-order valence-corrected chi connectivity index (χ1v) is 43.3. The van der Waals surface area contributed by atoms with Gasteiger partial charge in [0.25, 0.3) is 0 Å². The molecule has 17 atom stereocenters. The van der Waals surface area contributed by atoms with Crippen LogP contribution in [0.1, 0.15) is 335 Å². The van der Waals surface area contributed by atoms with E-state index in [1.165, 1.54) is 225 Å². The highest BCUT2D eigenvalue weighted by Gasteiger charge is 2.54. The van der Waals surface area contributed by atoms with Gasteiger partial charge in [-0.1, -0.05) is 343 Å². The van der Waals surface area contributed by atoms with Gasteiger partial charge in [0, 0.05) is 6.42 Å². The fourth-order valence-electron chi connectivity index (χ4n) is 14.3. The molecule has 19 heteroatoms. The van der Waals surface area contributed by atoms with Crippen LogP contribution in [0.2, 0.25) is 0 Å². The van der Waals surface area contributed by atoms with Crippen LogP contribution in [0.15, 0.2) is 85.1 Å². The van der Waals surface area contributed by atoms with E-state index in [0.717, 1.165) is 83.5 Å². The number of carbonyl (C=O) groups excluding carboxylic acids is 1. The molecule has 3 saturated heterocycles. The Kier molecular flexibility index (Phi) is 61.9. The molecular formula is C88H157NO18. The Labute approximate surface area is 648 Å². The Bertz CT molecular complexity index is 2260. The molecule has 19 nitrogen and oxygen atoms in total. The van der Waals surface area contributed by atoms with Gasteiger partial charge >= 0.3 is 0 Å². The molecule has 3 heterocycles. The molecule has 3 fully saturated rings. The molecule has 0 bridgehead atoms. The minimum absolute atomic E-state index is 0.243. The lowest BCUT2D eigenvalue weighted by molar-refractivity contribution is -0.379. The molecule has 3 rings (SSSR count). The standard InChI is InChI=1S/C88H157NO18/c1-3-5-7-9-11-13-15-17-19-21-23-25-27-29-30-31-32-33-34-35-36-37-38-39-40-42-44-46-48-50-52-54-56-58-60-62-64-66-76(94)89-71(72(93)65-63-61-59-57-55-53-51-49-47-45-43-41-28-26-24-22-20-18-16-14-12-10-8-6-4-2)70-102-86-82(100)79(97)84(74(68-91)104-86)107-88-83(101)80(98)85(75(69-92)105-88)106-87-81(99)78(96)77(95)73(67-90)103-87/h5,7,11,13,17,19,23,25,29-30,32-33,63,65,71-75,77-88,90-93,95-101H,3-4,6,8-10,12,14-16,18,20-22,24,26-28,31,34-62,64,66-70H2,1-2H3,(H,89,94)/b7-5-,13-11-,19-17-,25-23-,30-29-,33-32-,65-63+. The quantitative estimate of drug-likeness (QED) is 0.0199. The average Bonchev–Trinajstić information content (AvgIpc) is 0.781. The predicted octanol–water partition coefficient (Wildman–Crippen LogP) is 15.7. The van der Waals surface area contributed by atoms with Crippen LogP contribution in [0.5, 0.6) is 0 Å². The fourth-order valence-corrected chi connectivity index (χ4v) is 14.3. The van der Waals surface area contributed by atoms with Gasteiger partial charge < -0.3 is 89.9 Å². The van der Waals surface area contributed by atoms with Crippen LogP contribution in [-0.4, -0.2) is 193 Å². The average molecular weight is 1520 g/mol. The first-order chi connectivity index (χ1) is 52.3. The van der Waals surface area contributed by atoms with Crippen LogP contribution in [0.3, 0.4) is 0 Å². The van der Waals surface area contributed by atoms with Gasteiger partial charge in [0.05, 0.1) is 38.6 Å². The summed E-state index contributed by atoms with van der Waals surface area (Å²) in [5.41, 5.74) is 0. The Balaban J connectivity index is 1.33. The Morgan fingerprint density at radius 1 is 0.346 bits per heavy atom. The first kappa shape index (κ1) is 98.2. The maximum atomic E-state index is 13.5. The van der Waals surface area contributed by atoms with Crippen LogP contribution in [0.25, 0.3) is 0 Å². The predicted molar refractivity (Wildman–Crippen MR) is 429 cm³/mol. The van der Waals surface area contributed by atoms with Gasteiger partial charge in [0.2, 0.25) is 5.91 Å². The fraction of sp³-hybridized carbons (Fsp3) is 0.830. The van der Waals surface area contributed by atoms with E-state index in [2.05, 4.69) is 92.1 Å². The molecule has 3 aliphatic rings. The number of amides is 1. The van der Waals surface area contributed by atoms with E-state index in [1.807, 2.05) is 6.08 Å². The highest BCUT2D eigenvalue weighted by Crippen LogP contribution is 2.33. The molecule has 12 N–H and O–H groups in total. The Hall–Kier alpha value is -3.03. The Morgan fingerprint density at radius 3 is 1.01 bits per heavy atom. The molecule has 0 aromatic rings. The summed E-state index contributed by atoms with van der Waals surface area (Å²) in [6.07, 6.45) is 64.3. The second-order valence-corrected chi connectivity index (χ2v) is 30.6. The third kappa shape index (κ3) is 46.7. The summed E-state index contributed by atoms with van der Waals surface area (Å²) in [5, 5.41) is 121. The summed E-state index contributed by atoms with van der Waals surface area (Å²) in [6.45, 7) is 1.67. The van der Waals surface area contributed by atoms with Crippen molar-refractivity contribution in [3.05, 3.63) is 85.1 Å². The molecule has 0 saturated carbocycles. The number of aliphatic hydroxyl groups is 11. The monoisotopic (exact) mass is 1520 g/mol. The third-order valence-electron chi connectivity index (χ3n) is 21.2. The topological polar surface area (TPSA) is 307 Å². The van der Waals surface area contributed by atoms with E-state index in [0.29, 0.717) is 6.42 Å². The largest absolute Gasteiger partial charge is 0.394 e. The molecule has 0 spiro atoms. The molecule has 17 unspecified atom stereocenters. The van der Waals surface area contributed by atoms with Crippen molar-refractivity contribution in [1.82, 2.24) is 5.32 Å². The molecule has 1 amide bonds. The minimum Gasteiger partial charge on any atom is -0.394 e. The van der Waals surface area contributed by atoms with Crippen molar-refractivity contribution in [2.75, 3.05) is 26.4 Å². The maximum Gasteiger partial charge on any atom is 0.220 e. The van der Waals surface area contributed by atoms with E-state index in [9.17, 15) is 61.0 Å². The lowest BCUT2D eigenvalue weighted by Gasteiger charge is -2.48. The molecule has 0 aromatic carbocycles. The van der Waals surface area contributed by atoms with Crippen molar-refractivity contribution < 1.29 is 89.4 Å². The van der Waals surface area contributed by atoms with Crippen molar-refractivity contribution >= 4 is 5.91 Å². The maximum absolute atomic E-state index is 13.5. The third-order valence-corrected chi connectivity index (χ3v) is 21.2. The second kappa shape index (κ2) is 67.5. The number of allylic oxidation sites excluding steroid dienone is 13. The number of aliphatic hydroxyl groups excluding tert-OH is 11. The van der Waals surface area contributed by atoms with Crippen molar-refractivity contribution in [1.29, 1.82) is 0 Å². The molecule has 3 aliphatic heterocycles. The van der Waals surface area contributed by atoms with Gasteiger partial charge in [-0.05, 0) is 70.6 Å². The summed E-state index contributed by atoms with van der Waals surface area (Å²) in [5.74, 6) is -0.272. The number of ether oxygens (including phenoxy) is 6. The van der Waals surface area contributed by atoms with Crippen molar-refractivity contribution in [2.45, 2.75) is 439 Å². The molecular weight excluding hydrogens is 1360 g/mol. The number of carbonyl (C=O) groups is 1. The number of nitrogens with one attached hydrogen (secondary N) is 1. The van der Waals surface area contributed by atoms with Crippen molar-refractivity contribution in [2.24, 2.45) is 0 Å². The molecule has 107 heavy (non-hydrogen) atoms. The van der Waals surface area contributed by atoms with E-state index in [1.54, 1.807) is 6.08 Å². The smallest absolute Gasteiger partial charge is 0.220 e. The van der Waals surface area contributed by atoms with Crippen molar-refractivity contribution in [3.63, 3.8) is 0 Å². The summed E-state index contributed by atoms with van der Waals surface area (Å²) in [7, 11) is 0. The molecule has 0 radical (unpaired) electrons. The van der Waals surface area contributed by atoms with Gasteiger partial charge in [0.1, 0.15) is 73.2 Å². The zero-order valence-corrected chi connectivity index (χ0v) is 66.9. The van der Waals surface area contributed by atoms with E-state index in [4.69, 9.17) is 28.4 Å². The van der Waals surface area contributed by atoms with Gasteiger partial charge in [-0.15, -0.1) is 0 Å². The molecule has 0 aromatic heterocycles. The van der Waals surface area contributed by atoms with Crippen LogP contribution in [-0.2, 0) is 33.2 Å². The Morgan fingerprint density at radius 2 is 0.645 bits per heavy atom. The lowest BCUT2D eigenvalue weighted by Crippen LogP contribution is -2.66. The van der Waals surface area contributed by atoms with Crippen molar-refractivity contribution in [3.8, 4) is 0 Å². The summed E-state index contributed by atoms with van der Waals surface area (Å²) in [4.78, 5) is 13.5. The van der Waals surface area contributed by atoms with Gasteiger partial charge in [-0.3, -0.25) is 4.79 Å². The zero-order chi connectivity index (χ0) is 77.4. The lowest BCUT2D eigenvalue weighted by atomic mass is 9.96. The van der Waals surface area contributed by atoms with Crippen LogP contribution < -0.4 is 5.32 Å². The van der Waals surface area contributed by atoms with Crippen LogP contribution >= 0.6 is 0 Å². The minimum atomic E-state index is -1.98. The van der Waals surface area contributed by atoms with Crippen LogP contribution in [0, 0.1) is 0 Å². The van der Waals surface area contributed by atoms with Gasteiger partial charge in [-0.25, -0.2) is 0 Å². The number of hydrogen-bond acceptors (Lipinski definition) is 18. The van der Waals surface area contributed by atoms with E-state index < -0.39 is 124 Å². The van der Waals surface area contributed by atoms with E-state index in [-0.39, 0.29) is 18.9 Å². The van der Waals surface area contributed by atoms with E-state index >= 15 is 0 Å². The number of unbranched alkanes of at least 4 members (excludes halogenated alkanes) is 41. The highest BCUT2D eigenvalue weighted by atomic mass is 16.8. The van der Waals surface area contributed by atoms with Gasteiger partial charge in [0.15, 0.2) is 18.9 Å². The number of rotatable bonds is 69. The summed E-state index contributed by atoms with van der Waals surface area (Å²) in [6, 6.07) is -0.977. The highest BCUT2D eigenvalue weighted by molar-refractivity contribution is 5.76.